The Balaban J connectivity index is 2.79. The van der Waals surface area contributed by atoms with E-state index < -0.39 is 5.97 Å². The molecule has 1 rings (SSSR count). The molecular formula is C11H14ClNO2. The van der Waals surface area contributed by atoms with Crippen LogP contribution in [0, 0.1) is 11.8 Å². The van der Waals surface area contributed by atoms with Gasteiger partial charge in [-0.2, -0.15) is 0 Å². The van der Waals surface area contributed by atoms with Gasteiger partial charge in [0.2, 0.25) is 0 Å². The molecule has 0 aromatic carbocycles. The SMILES string of the molecule is CC(C)C(Cc1ccnc(Cl)c1)C(=O)O. The Bertz CT molecular complexity index is 352. The lowest BCUT2D eigenvalue weighted by Gasteiger charge is -2.15. The summed E-state index contributed by atoms with van der Waals surface area (Å²) in [6.45, 7) is 3.81. The van der Waals surface area contributed by atoms with Crippen LogP contribution in [-0.2, 0) is 11.2 Å². The molecule has 0 saturated carbocycles. The van der Waals surface area contributed by atoms with Crippen LogP contribution in [0.15, 0.2) is 18.3 Å². The zero-order valence-corrected chi connectivity index (χ0v) is 9.53. The van der Waals surface area contributed by atoms with E-state index in [9.17, 15) is 4.79 Å². The van der Waals surface area contributed by atoms with Crippen molar-refractivity contribution in [3.8, 4) is 0 Å². The highest BCUT2D eigenvalue weighted by atomic mass is 35.5. The van der Waals surface area contributed by atoms with Crippen molar-refractivity contribution in [2.24, 2.45) is 11.8 Å². The molecule has 0 aliphatic carbocycles. The lowest BCUT2D eigenvalue weighted by atomic mass is 9.90. The van der Waals surface area contributed by atoms with Gasteiger partial charge >= 0.3 is 5.97 Å². The van der Waals surface area contributed by atoms with E-state index in [0.717, 1.165) is 5.56 Å². The number of pyridine rings is 1. The van der Waals surface area contributed by atoms with Gasteiger partial charge in [-0.25, -0.2) is 4.98 Å². The van der Waals surface area contributed by atoms with Crippen molar-refractivity contribution in [2.45, 2.75) is 20.3 Å². The highest BCUT2D eigenvalue weighted by molar-refractivity contribution is 6.29. The predicted octanol–water partition coefficient (Wildman–Crippen LogP) is 2.63. The summed E-state index contributed by atoms with van der Waals surface area (Å²) in [4.78, 5) is 14.8. The van der Waals surface area contributed by atoms with Crippen LogP contribution in [0.4, 0.5) is 0 Å². The number of carboxylic acid groups (broad SMARTS) is 1. The topological polar surface area (TPSA) is 50.2 Å². The zero-order valence-electron chi connectivity index (χ0n) is 8.77. The van der Waals surface area contributed by atoms with Crippen LogP contribution in [0.5, 0.6) is 0 Å². The first-order valence-corrected chi connectivity index (χ1v) is 5.21. The molecule has 1 aromatic rings. The summed E-state index contributed by atoms with van der Waals surface area (Å²) in [6, 6.07) is 3.50. The Labute approximate surface area is 94.1 Å². The Morgan fingerprint density at radius 1 is 1.60 bits per heavy atom. The molecule has 1 N–H and O–H groups in total. The van der Waals surface area contributed by atoms with Crippen LogP contribution >= 0.6 is 11.6 Å². The molecule has 4 heteroatoms. The fourth-order valence-electron chi connectivity index (χ4n) is 1.43. The molecule has 0 bridgehead atoms. The van der Waals surface area contributed by atoms with Gasteiger partial charge in [-0.3, -0.25) is 4.79 Å². The number of rotatable bonds is 4. The van der Waals surface area contributed by atoms with E-state index in [1.165, 1.54) is 0 Å². The van der Waals surface area contributed by atoms with Crippen molar-refractivity contribution in [1.29, 1.82) is 0 Å². The molecule has 1 heterocycles. The smallest absolute Gasteiger partial charge is 0.307 e. The molecule has 0 aliphatic rings. The maximum absolute atomic E-state index is 11.0. The van der Waals surface area contributed by atoms with Gasteiger partial charge in [0.25, 0.3) is 0 Å². The van der Waals surface area contributed by atoms with Crippen molar-refractivity contribution in [3.05, 3.63) is 29.0 Å². The molecule has 0 spiro atoms. The van der Waals surface area contributed by atoms with Crippen molar-refractivity contribution < 1.29 is 9.90 Å². The molecule has 0 saturated heterocycles. The first-order valence-electron chi connectivity index (χ1n) is 4.84. The van der Waals surface area contributed by atoms with Crippen molar-refractivity contribution in [1.82, 2.24) is 4.98 Å². The van der Waals surface area contributed by atoms with E-state index in [-0.39, 0.29) is 11.8 Å². The number of hydrogen-bond acceptors (Lipinski definition) is 2. The van der Waals surface area contributed by atoms with E-state index in [4.69, 9.17) is 16.7 Å². The highest BCUT2D eigenvalue weighted by Crippen LogP contribution is 2.18. The fraction of sp³-hybridized carbons (Fsp3) is 0.455. The Hall–Kier alpha value is -1.09. The van der Waals surface area contributed by atoms with E-state index in [0.29, 0.717) is 11.6 Å². The van der Waals surface area contributed by atoms with Gasteiger partial charge < -0.3 is 5.11 Å². The van der Waals surface area contributed by atoms with Gasteiger partial charge in [-0.05, 0) is 30.0 Å². The third-order valence-corrected chi connectivity index (χ3v) is 2.58. The average Bonchev–Trinajstić information content (AvgIpc) is 2.13. The van der Waals surface area contributed by atoms with Gasteiger partial charge in [-0.15, -0.1) is 0 Å². The highest BCUT2D eigenvalue weighted by Gasteiger charge is 2.21. The molecule has 1 atom stereocenters. The Morgan fingerprint density at radius 2 is 2.27 bits per heavy atom. The fourth-order valence-corrected chi connectivity index (χ4v) is 1.63. The summed E-state index contributed by atoms with van der Waals surface area (Å²) in [7, 11) is 0. The maximum Gasteiger partial charge on any atom is 0.307 e. The summed E-state index contributed by atoms with van der Waals surface area (Å²) < 4.78 is 0. The number of hydrogen-bond donors (Lipinski definition) is 1. The predicted molar refractivity (Wildman–Crippen MR) is 58.9 cm³/mol. The quantitative estimate of drug-likeness (QED) is 0.805. The minimum absolute atomic E-state index is 0.106. The van der Waals surface area contributed by atoms with Gasteiger partial charge in [0, 0.05) is 6.20 Å². The van der Waals surface area contributed by atoms with Crippen LogP contribution in [-0.4, -0.2) is 16.1 Å². The third-order valence-electron chi connectivity index (χ3n) is 2.37. The number of aromatic nitrogens is 1. The molecule has 3 nitrogen and oxygen atoms in total. The van der Waals surface area contributed by atoms with E-state index in [2.05, 4.69) is 4.98 Å². The first kappa shape index (κ1) is 12.0. The second-order valence-electron chi connectivity index (χ2n) is 3.88. The molecule has 82 valence electrons. The lowest BCUT2D eigenvalue weighted by molar-refractivity contribution is -0.143. The monoisotopic (exact) mass is 227 g/mol. The largest absolute Gasteiger partial charge is 0.481 e. The third kappa shape index (κ3) is 3.51. The molecule has 15 heavy (non-hydrogen) atoms. The summed E-state index contributed by atoms with van der Waals surface area (Å²) >= 11 is 5.73. The molecular weight excluding hydrogens is 214 g/mol. The van der Waals surface area contributed by atoms with Crippen LogP contribution in [0.2, 0.25) is 5.15 Å². The van der Waals surface area contributed by atoms with E-state index >= 15 is 0 Å². The molecule has 0 fully saturated rings. The zero-order chi connectivity index (χ0) is 11.4. The van der Waals surface area contributed by atoms with Gasteiger partial charge in [0.1, 0.15) is 5.15 Å². The van der Waals surface area contributed by atoms with Gasteiger partial charge in [0.15, 0.2) is 0 Å². The standard InChI is InChI=1S/C11H14ClNO2/c1-7(2)9(11(14)15)5-8-3-4-13-10(12)6-8/h3-4,6-7,9H,5H2,1-2H3,(H,14,15). The number of carbonyl (C=O) groups is 1. The molecule has 0 aliphatic heterocycles. The minimum Gasteiger partial charge on any atom is -0.481 e. The molecule has 0 radical (unpaired) electrons. The maximum atomic E-state index is 11.0. The van der Waals surface area contributed by atoms with Crippen LogP contribution in [0.3, 0.4) is 0 Å². The van der Waals surface area contributed by atoms with Gasteiger partial charge in [-0.1, -0.05) is 25.4 Å². The Kier molecular flexibility index (Phi) is 4.09. The summed E-state index contributed by atoms with van der Waals surface area (Å²) in [6.07, 6.45) is 2.09. The second-order valence-corrected chi connectivity index (χ2v) is 4.27. The van der Waals surface area contributed by atoms with E-state index in [1.807, 2.05) is 13.8 Å². The van der Waals surface area contributed by atoms with Gasteiger partial charge in [0.05, 0.1) is 5.92 Å². The first-order chi connectivity index (χ1) is 7.00. The Morgan fingerprint density at radius 3 is 2.73 bits per heavy atom. The number of halogens is 1. The van der Waals surface area contributed by atoms with Crippen LogP contribution in [0.1, 0.15) is 19.4 Å². The summed E-state index contributed by atoms with van der Waals surface area (Å²) in [5, 5.41) is 9.43. The number of aliphatic carboxylic acids is 1. The van der Waals surface area contributed by atoms with Crippen molar-refractivity contribution in [2.75, 3.05) is 0 Å². The van der Waals surface area contributed by atoms with Crippen LogP contribution in [0.25, 0.3) is 0 Å². The van der Waals surface area contributed by atoms with Crippen LogP contribution < -0.4 is 0 Å². The van der Waals surface area contributed by atoms with Crippen molar-refractivity contribution >= 4 is 17.6 Å². The number of carboxylic acids is 1. The minimum atomic E-state index is -0.766. The summed E-state index contributed by atoms with van der Waals surface area (Å²) in [5.74, 6) is -1.03. The molecule has 1 aromatic heterocycles. The lowest BCUT2D eigenvalue weighted by Crippen LogP contribution is -2.22. The average molecular weight is 228 g/mol. The van der Waals surface area contributed by atoms with E-state index in [1.54, 1.807) is 18.3 Å². The summed E-state index contributed by atoms with van der Waals surface area (Å²) in [5.41, 5.74) is 0.913. The van der Waals surface area contributed by atoms with Crippen molar-refractivity contribution in [3.63, 3.8) is 0 Å². The second kappa shape index (κ2) is 5.12. The molecule has 1 unspecified atom stereocenters. The number of nitrogens with zero attached hydrogens (tertiary/aromatic N) is 1. The molecule has 0 amide bonds. The normalized spacial score (nSPS) is 12.8.